The number of hydrogen-bond donors (Lipinski definition) is 6. The number of hydrogen-bond acceptors (Lipinski definition) is 8. The SMILES string of the molecule is CCCCCCCCCCCCCCCCCCCCCCCCC/C=C/C(O)C(COC1OC(CO)C(O)C(O)C1O)NC(=O)CCCCCCCCC. The molecule has 1 aliphatic rings. The van der Waals surface area contributed by atoms with Crippen LogP contribution >= 0.6 is 0 Å². The first-order valence-corrected chi connectivity index (χ1v) is 23.4. The van der Waals surface area contributed by atoms with Crippen LogP contribution in [0.2, 0.25) is 0 Å². The Labute approximate surface area is 337 Å². The predicted molar refractivity (Wildman–Crippen MR) is 226 cm³/mol. The van der Waals surface area contributed by atoms with Gasteiger partial charge in [0, 0.05) is 6.42 Å². The zero-order chi connectivity index (χ0) is 40.2. The molecule has 0 bridgehead atoms. The molecule has 0 aromatic carbocycles. The lowest BCUT2D eigenvalue weighted by Crippen LogP contribution is -2.60. The Hall–Kier alpha value is -1.07. The third kappa shape index (κ3) is 28.1. The second kappa shape index (κ2) is 37.2. The normalized spacial score (nSPS) is 21.3. The average molecular weight is 784 g/mol. The van der Waals surface area contributed by atoms with Crippen LogP contribution in [0.5, 0.6) is 0 Å². The van der Waals surface area contributed by atoms with E-state index in [0.717, 1.165) is 38.5 Å². The van der Waals surface area contributed by atoms with Crippen molar-refractivity contribution in [3.63, 3.8) is 0 Å². The number of rotatable bonds is 39. The second-order valence-corrected chi connectivity index (χ2v) is 16.6. The number of aliphatic hydroxyl groups is 5. The van der Waals surface area contributed by atoms with E-state index in [1.54, 1.807) is 6.08 Å². The molecule has 0 aromatic heterocycles. The van der Waals surface area contributed by atoms with E-state index in [1.807, 2.05) is 6.08 Å². The highest BCUT2D eigenvalue weighted by Crippen LogP contribution is 2.23. The van der Waals surface area contributed by atoms with Crippen LogP contribution in [0.4, 0.5) is 0 Å². The Morgan fingerprint density at radius 3 is 1.42 bits per heavy atom. The summed E-state index contributed by atoms with van der Waals surface area (Å²) in [6.45, 7) is 3.73. The smallest absolute Gasteiger partial charge is 0.220 e. The van der Waals surface area contributed by atoms with Crippen molar-refractivity contribution < 1.29 is 39.8 Å². The maximum Gasteiger partial charge on any atom is 0.220 e. The van der Waals surface area contributed by atoms with Crippen molar-refractivity contribution in [1.82, 2.24) is 5.32 Å². The van der Waals surface area contributed by atoms with E-state index in [4.69, 9.17) is 9.47 Å². The van der Waals surface area contributed by atoms with Crippen LogP contribution in [0.1, 0.15) is 219 Å². The van der Waals surface area contributed by atoms with E-state index in [9.17, 15) is 30.3 Å². The molecule has 0 aromatic rings. The molecule has 1 amide bonds. The second-order valence-electron chi connectivity index (χ2n) is 16.6. The minimum absolute atomic E-state index is 0.182. The molecule has 326 valence electrons. The average Bonchev–Trinajstić information content (AvgIpc) is 3.18. The molecule has 1 heterocycles. The molecular weight excluding hydrogens is 695 g/mol. The number of aliphatic hydroxyl groups excluding tert-OH is 5. The summed E-state index contributed by atoms with van der Waals surface area (Å²) in [5, 5.41) is 54.0. The maximum atomic E-state index is 12.8. The highest BCUT2D eigenvalue weighted by atomic mass is 16.7. The van der Waals surface area contributed by atoms with Crippen LogP contribution < -0.4 is 5.32 Å². The Morgan fingerprint density at radius 1 is 0.600 bits per heavy atom. The van der Waals surface area contributed by atoms with Gasteiger partial charge in [0.05, 0.1) is 25.4 Å². The van der Waals surface area contributed by atoms with Gasteiger partial charge in [0.1, 0.15) is 24.4 Å². The van der Waals surface area contributed by atoms with Crippen molar-refractivity contribution in [3.8, 4) is 0 Å². The molecule has 0 aliphatic carbocycles. The quantitative estimate of drug-likeness (QED) is 0.0267. The minimum atomic E-state index is -1.56. The van der Waals surface area contributed by atoms with Gasteiger partial charge < -0.3 is 40.3 Å². The Morgan fingerprint density at radius 2 is 1.00 bits per heavy atom. The number of carbonyl (C=O) groups excluding carboxylic acids is 1. The molecule has 1 aliphatic heterocycles. The summed E-state index contributed by atoms with van der Waals surface area (Å²) >= 11 is 0. The molecule has 1 rings (SSSR count). The lowest BCUT2D eigenvalue weighted by atomic mass is 9.99. The topological polar surface area (TPSA) is 149 Å². The first kappa shape index (κ1) is 51.9. The van der Waals surface area contributed by atoms with E-state index >= 15 is 0 Å². The summed E-state index contributed by atoms with van der Waals surface area (Å²) in [4.78, 5) is 12.8. The van der Waals surface area contributed by atoms with Gasteiger partial charge in [0.25, 0.3) is 0 Å². The van der Waals surface area contributed by atoms with Crippen LogP contribution in [0.15, 0.2) is 12.2 Å². The fourth-order valence-corrected chi connectivity index (χ4v) is 7.57. The Kier molecular flexibility index (Phi) is 35.2. The molecule has 1 saturated heterocycles. The molecule has 1 fully saturated rings. The van der Waals surface area contributed by atoms with Crippen LogP contribution in [0, 0.1) is 0 Å². The van der Waals surface area contributed by atoms with Gasteiger partial charge in [0.2, 0.25) is 5.91 Å². The van der Waals surface area contributed by atoms with Gasteiger partial charge >= 0.3 is 0 Å². The monoisotopic (exact) mass is 784 g/mol. The summed E-state index contributed by atoms with van der Waals surface area (Å²) in [7, 11) is 0. The van der Waals surface area contributed by atoms with E-state index < -0.39 is 49.5 Å². The van der Waals surface area contributed by atoms with Gasteiger partial charge in [-0.05, 0) is 19.3 Å². The fourth-order valence-electron chi connectivity index (χ4n) is 7.57. The molecule has 7 unspecified atom stereocenters. The molecule has 55 heavy (non-hydrogen) atoms. The third-order valence-corrected chi connectivity index (χ3v) is 11.4. The molecule has 6 N–H and O–H groups in total. The summed E-state index contributed by atoms with van der Waals surface area (Å²) in [6, 6.07) is -0.796. The van der Waals surface area contributed by atoms with Gasteiger partial charge in [-0.2, -0.15) is 0 Å². The number of allylic oxidation sites excluding steroid dienone is 1. The summed E-state index contributed by atoms with van der Waals surface area (Å²) < 4.78 is 11.2. The number of amides is 1. The number of nitrogens with one attached hydrogen (secondary N) is 1. The van der Waals surface area contributed by atoms with Gasteiger partial charge in [0.15, 0.2) is 6.29 Å². The Bertz CT molecular complexity index is 873. The summed E-state index contributed by atoms with van der Waals surface area (Å²) in [6.07, 6.45) is 35.8. The van der Waals surface area contributed by atoms with Crippen molar-refractivity contribution in [2.24, 2.45) is 0 Å². The molecule has 0 radical (unpaired) electrons. The Balaban J connectivity index is 2.20. The van der Waals surface area contributed by atoms with Crippen molar-refractivity contribution in [3.05, 3.63) is 12.2 Å². The van der Waals surface area contributed by atoms with Crippen molar-refractivity contribution in [1.29, 1.82) is 0 Å². The van der Waals surface area contributed by atoms with E-state index in [0.29, 0.717) is 6.42 Å². The molecule has 7 atom stereocenters. The first-order valence-electron chi connectivity index (χ1n) is 23.4. The third-order valence-electron chi connectivity index (χ3n) is 11.4. The molecule has 9 nitrogen and oxygen atoms in total. The molecule has 0 spiro atoms. The zero-order valence-corrected chi connectivity index (χ0v) is 35.7. The summed E-state index contributed by atoms with van der Waals surface area (Å²) in [5.74, 6) is -0.182. The van der Waals surface area contributed by atoms with Crippen molar-refractivity contribution in [2.45, 2.75) is 262 Å². The number of unbranched alkanes of at least 4 members (excludes halogenated alkanes) is 29. The van der Waals surface area contributed by atoms with E-state index in [1.165, 1.54) is 161 Å². The van der Waals surface area contributed by atoms with Crippen LogP contribution in [-0.2, 0) is 14.3 Å². The van der Waals surface area contributed by atoms with Gasteiger partial charge in [-0.1, -0.05) is 206 Å². The highest BCUT2D eigenvalue weighted by Gasteiger charge is 2.44. The lowest BCUT2D eigenvalue weighted by Gasteiger charge is -2.40. The molecular formula is C46H89NO8. The van der Waals surface area contributed by atoms with Crippen molar-refractivity contribution in [2.75, 3.05) is 13.2 Å². The predicted octanol–water partition coefficient (Wildman–Crippen LogP) is 9.73. The first-order chi connectivity index (χ1) is 26.8. The maximum absolute atomic E-state index is 12.8. The summed E-state index contributed by atoms with van der Waals surface area (Å²) in [5.41, 5.74) is 0. The van der Waals surface area contributed by atoms with Crippen LogP contribution in [0.25, 0.3) is 0 Å². The molecule has 9 heteroatoms. The van der Waals surface area contributed by atoms with Crippen molar-refractivity contribution >= 4 is 5.91 Å². The standard InChI is InChI=1S/C46H89NO8/c1-3-5-7-9-11-12-13-14-15-16-17-18-19-20-21-22-23-24-25-26-27-28-30-31-33-35-40(49)39(47-42(50)36-34-32-29-10-8-6-4-2)38-54-46-45(53)44(52)43(51)41(37-48)55-46/h33,35,39-41,43-46,48-49,51-53H,3-32,34,36-38H2,1-2H3,(H,47,50)/b35-33+. The van der Waals surface area contributed by atoms with Crippen LogP contribution in [-0.4, -0.2) is 87.5 Å². The van der Waals surface area contributed by atoms with Gasteiger partial charge in [-0.3, -0.25) is 4.79 Å². The number of ether oxygens (including phenoxy) is 2. The van der Waals surface area contributed by atoms with Gasteiger partial charge in [-0.15, -0.1) is 0 Å². The molecule has 0 saturated carbocycles. The van der Waals surface area contributed by atoms with E-state index in [2.05, 4.69) is 19.2 Å². The fraction of sp³-hybridized carbons (Fsp3) is 0.935. The lowest BCUT2D eigenvalue weighted by molar-refractivity contribution is -0.302. The van der Waals surface area contributed by atoms with Gasteiger partial charge in [-0.25, -0.2) is 0 Å². The van der Waals surface area contributed by atoms with Crippen LogP contribution in [0.3, 0.4) is 0 Å². The largest absolute Gasteiger partial charge is 0.394 e. The minimum Gasteiger partial charge on any atom is -0.394 e. The zero-order valence-electron chi connectivity index (χ0n) is 35.7. The highest BCUT2D eigenvalue weighted by molar-refractivity contribution is 5.76. The number of carbonyl (C=O) groups is 1. The van der Waals surface area contributed by atoms with E-state index in [-0.39, 0.29) is 12.5 Å².